The summed E-state index contributed by atoms with van der Waals surface area (Å²) in [5.74, 6) is 2.23. The standard InChI is InChI=1S/C32H32NO2.C15H28O2.Ir/c1-18(2)13-27-19(3)24-16-29-25(17-28(24)34-27)23-11-12-33-30(31(23)35-29)21-14-20-9-7-8-10-22(20)26(15-21)32(4,5)6;1-7-14(5,8-2)12(16)11-13(17)15(6,9-3)10-4;/h7-12,15-19,27H,13H2,1-6H3;11,16H,7-10H2,1-6H3;/q-1;;/b;12-11-;. The minimum Gasteiger partial charge on any atom is -0.512 e. The second-order valence-corrected chi connectivity index (χ2v) is 16.9. The number of allylic oxidation sites excluding steroid dienone is 2. The second-order valence-electron chi connectivity index (χ2n) is 16.9. The summed E-state index contributed by atoms with van der Waals surface area (Å²) in [7, 11) is 0. The number of carbonyl (C=O) groups excluding carboxylic acids is 1. The van der Waals surface area contributed by atoms with E-state index < -0.39 is 0 Å². The molecule has 53 heavy (non-hydrogen) atoms. The molecule has 1 radical (unpaired) electrons. The Balaban J connectivity index is 0.000000299. The molecule has 5 aromatic rings. The van der Waals surface area contributed by atoms with Crippen LogP contribution in [0.4, 0.5) is 0 Å². The summed E-state index contributed by atoms with van der Waals surface area (Å²) in [6, 6.07) is 20.7. The van der Waals surface area contributed by atoms with Crippen LogP contribution in [0.25, 0.3) is 44.0 Å². The van der Waals surface area contributed by atoms with Gasteiger partial charge in [0.05, 0.1) is 0 Å². The van der Waals surface area contributed by atoms with E-state index in [1.165, 1.54) is 22.6 Å². The summed E-state index contributed by atoms with van der Waals surface area (Å²) < 4.78 is 12.9. The van der Waals surface area contributed by atoms with Gasteiger partial charge in [-0.25, -0.2) is 0 Å². The van der Waals surface area contributed by atoms with E-state index in [1.807, 2.05) is 53.8 Å². The van der Waals surface area contributed by atoms with Gasteiger partial charge in [0.15, 0.2) is 5.78 Å². The van der Waals surface area contributed by atoms with Crippen molar-refractivity contribution in [3.63, 3.8) is 0 Å². The van der Waals surface area contributed by atoms with Crippen LogP contribution in [0.2, 0.25) is 0 Å². The van der Waals surface area contributed by atoms with Crippen molar-refractivity contribution >= 4 is 38.5 Å². The zero-order chi connectivity index (χ0) is 38.2. The van der Waals surface area contributed by atoms with Gasteiger partial charge in [0, 0.05) is 71.2 Å². The van der Waals surface area contributed by atoms with E-state index in [0.29, 0.717) is 11.8 Å². The molecule has 2 unspecified atom stereocenters. The maximum Gasteiger partial charge on any atom is 0.164 e. The van der Waals surface area contributed by atoms with E-state index in [0.717, 1.165) is 76.4 Å². The van der Waals surface area contributed by atoms with E-state index >= 15 is 0 Å². The average Bonchev–Trinajstić information content (AvgIpc) is 3.64. The number of ether oxygens (including phenoxy) is 1. The zero-order valence-corrected chi connectivity index (χ0v) is 36.4. The summed E-state index contributed by atoms with van der Waals surface area (Å²) >= 11 is 0. The number of fused-ring (bicyclic) bond motifs is 5. The summed E-state index contributed by atoms with van der Waals surface area (Å²) in [4.78, 5) is 17.0. The Bertz CT molecular complexity index is 2090. The number of furan rings is 1. The third-order valence-corrected chi connectivity index (χ3v) is 12.0. The third-order valence-electron chi connectivity index (χ3n) is 12.0. The van der Waals surface area contributed by atoms with Crippen LogP contribution in [0.3, 0.4) is 0 Å². The molecule has 0 aliphatic carbocycles. The number of aliphatic hydroxyl groups is 1. The second kappa shape index (κ2) is 16.5. The SMILES string of the molecule is CC(C)CC1Oc2cc3c(cc2C1C)oc1c(-c2[c-]c4ccccc4c(C(C)(C)C)c2)nccc13.CCC(C)(CC)C(=O)/C=C(\O)C(C)(CC)CC.[Ir]. The molecule has 0 amide bonds. The van der Waals surface area contributed by atoms with Gasteiger partial charge in [-0.05, 0) is 61.6 Å². The van der Waals surface area contributed by atoms with Gasteiger partial charge in [-0.1, -0.05) is 112 Å². The topological polar surface area (TPSA) is 72.6 Å². The number of benzene rings is 3. The Labute approximate surface area is 331 Å². The van der Waals surface area contributed by atoms with Crippen molar-refractivity contribution in [1.29, 1.82) is 0 Å². The molecule has 1 aliphatic heterocycles. The van der Waals surface area contributed by atoms with Crippen molar-refractivity contribution in [2.24, 2.45) is 16.7 Å². The van der Waals surface area contributed by atoms with Crippen LogP contribution in [0.5, 0.6) is 5.75 Å². The number of aromatic nitrogens is 1. The molecule has 3 aromatic carbocycles. The predicted octanol–water partition coefficient (Wildman–Crippen LogP) is 13.5. The van der Waals surface area contributed by atoms with Gasteiger partial charge in [-0.15, -0.1) is 29.1 Å². The molecule has 2 atom stereocenters. The van der Waals surface area contributed by atoms with Gasteiger partial charge in [0.25, 0.3) is 0 Å². The summed E-state index contributed by atoms with van der Waals surface area (Å²) in [5.41, 5.74) is 5.42. The molecule has 3 heterocycles. The zero-order valence-electron chi connectivity index (χ0n) is 34.0. The fraction of sp³-hybridized carbons (Fsp3) is 0.489. The van der Waals surface area contributed by atoms with Crippen molar-refractivity contribution in [2.75, 3.05) is 0 Å². The first-order chi connectivity index (χ1) is 24.5. The Morgan fingerprint density at radius 3 is 2.15 bits per heavy atom. The molecule has 0 saturated heterocycles. The van der Waals surface area contributed by atoms with Crippen LogP contribution in [0, 0.1) is 22.8 Å². The van der Waals surface area contributed by atoms with Crippen LogP contribution >= 0.6 is 0 Å². The first-order valence-corrected chi connectivity index (χ1v) is 19.4. The summed E-state index contributed by atoms with van der Waals surface area (Å²) in [5, 5.41) is 14.6. The molecule has 6 heteroatoms. The maximum atomic E-state index is 12.2. The summed E-state index contributed by atoms with van der Waals surface area (Å²) in [6.45, 7) is 25.6. The first kappa shape index (κ1) is 42.3. The van der Waals surface area contributed by atoms with Crippen LogP contribution < -0.4 is 4.74 Å². The number of carbonyl (C=O) groups is 1. The number of hydrogen-bond donors (Lipinski definition) is 1. The van der Waals surface area contributed by atoms with Crippen molar-refractivity contribution in [3.8, 4) is 17.0 Å². The number of pyridine rings is 1. The third kappa shape index (κ3) is 8.45. The van der Waals surface area contributed by atoms with Crippen LogP contribution in [-0.2, 0) is 30.3 Å². The van der Waals surface area contributed by atoms with Crippen LogP contribution in [-0.4, -0.2) is 22.0 Å². The molecule has 0 fully saturated rings. The molecule has 0 saturated carbocycles. The number of aliphatic hydroxyl groups excluding tert-OH is 1. The smallest absolute Gasteiger partial charge is 0.164 e. The van der Waals surface area contributed by atoms with Gasteiger partial charge in [-0.3, -0.25) is 9.78 Å². The molecule has 287 valence electrons. The molecular weight excluding hydrogens is 835 g/mol. The molecule has 2 aromatic heterocycles. The average molecular weight is 895 g/mol. The quantitative estimate of drug-likeness (QED) is 0.0859. The molecule has 5 nitrogen and oxygen atoms in total. The Morgan fingerprint density at radius 2 is 1.55 bits per heavy atom. The van der Waals surface area contributed by atoms with Gasteiger partial charge >= 0.3 is 0 Å². The molecule has 0 bridgehead atoms. The van der Waals surface area contributed by atoms with Crippen molar-refractivity contribution < 1.29 is 39.2 Å². The Hall–Kier alpha value is -3.47. The Kier molecular flexibility index (Phi) is 13.2. The molecular formula is C47H60IrNO4-. The van der Waals surface area contributed by atoms with Crippen molar-refractivity contribution in [3.05, 3.63) is 83.8 Å². The molecule has 6 rings (SSSR count). The minimum atomic E-state index is -0.337. The Morgan fingerprint density at radius 1 is 0.906 bits per heavy atom. The first-order valence-electron chi connectivity index (χ1n) is 19.4. The van der Waals surface area contributed by atoms with Crippen LogP contribution in [0.1, 0.15) is 132 Å². The number of nitrogens with zero attached hydrogens (tertiary/aromatic N) is 1. The van der Waals surface area contributed by atoms with Crippen molar-refractivity contribution in [1.82, 2.24) is 4.98 Å². The van der Waals surface area contributed by atoms with Crippen molar-refractivity contribution in [2.45, 2.75) is 133 Å². The van der Waals surface area contributed by atoms with Gasteiger partial charge < -0.3 is 14.3 Å². The maximum absolute atomic E-state index is 12.2. The molecule has 0 spiro atoms. The number of ketones is 1. The van der Waals surface area contributed by atoms with E-state index in [1.54, 1.807) is 0 Å². The van der Waals surface area contributed by atoms with E-state index in [4.69, 9.17) is 14.1 Å². The number of rotatable bonds is 10. The van der Waals surface area contributed by atoms with Gasteiger partial charge in [0.2, 0.25) is 0 Å². The molecule has 1 N–H and O–H groups in total. The minimum absolute atomic E-state index is 0. The van der Waals surface area contributed by atoms with E-state index in [-0.39, 0.29) is 54.0 Å². The summed E-state index contributed by atoms with van der Waals surface area (Å²) in [6.07, 6.45) is 7.91. The monoisotopic (exact) mass is 895 g/mol. The fourth-order valence-electron chi connectivity index (χ4n) is 7.24. The van der Waals surface area contributed by atoms with Gasteiger partial charge in [0.1, 0.15) is 28.8 Å². The van der Waals surface area contributed by atoms with E-state index in [2.05, 4.69) is 90.1 Å². The van der Waals surface area contributed by atoms with Gasteiger partial charge in [-0.2, -0.15) is 0 Å². The largest absolute Gasteiger partial charge is 0.512 e. The molecule has 1 aliphatic rings. The van der Waals surface area contributed by atoms with Crippen LogP contribution in [0.15, 0.2) is 71.0 Å². The van der Waals surface area contributed by atoms with E-state index in [9.17, 15) is 9.90 Å². The fourth-order valence-corrected chi connectivity index (χ4v) is 7.24. The number of hydrogen-bond acceptors (Lipinski definition) is 5. The predicted molar refractivity (Wildman–Crippen MR) is 217 cm³/mol. The normalized spacial score (nSPS) is 16.4.